The molecule has 1 N–H and O–H groups in total. The summed E-state index contributed by atoms with van der Waals surface area (Å²) in [4.78, 5) is 15.8. The zero-order chi connectivity index (χ0) is 15.2. The minimum atomic E-state index is -1.06. The first-order chi connectivity index (χ1) is 9.99. The predicted molar refractivity (Wildman–Crippen MR) is 74.9 cm³/mol. The fourth-order valence-corrected chi connectivity index (χ4v) is 4.40. The third-order valence-electron chi connectivity index (χ3n) is 5.72. The normalized spacial score (nSPS) is 46.4. The van der Waals surface area contributed by atoms with Crippen molar-refractivity contribution in [2.24, 2.45) is 23.7 Å². The molecule has 3 aliphatic rings. The van der Waals surface area contributed by atoms with E-state index in [0.29, 0.717) is 29.9 Å². The van der Waals surface area contributed by atoms with Gasteiger partial charge in [-0.25, -0.2) is 10.1 Å². The number of hydrogen-bond donors (Lipinski definition) is 1. The summed E-state index contributed by atoms with van der Waals surface area (Å²) in [5.41, 5.74) is 1.04. The van der Waals surface area contributed by atoms with Crippen LogP contribution in [0.25, 0.3) is 0 Å². The first-order valence-electron chi connectivity index (χ1n) is 7.82. The second-order valence-corrected chi connectivity index (χ2v) is 6.94. The van der Waals surface area contributed by atoms with Crippen LogP contribution in [0.4, 0.5) is 0 Å². The van der Waals surface area contributed by atoms with E-state index < -0.39 is 12.1 Å². The van der Waals surface area contributed by atoms with Crippen LogP contribution in [0.5, 0.6) is 0 Å². The Hall–Kier alpha value is -0.910. The van der Waals surface area contributed by atoms with Crippen LogP contribution in [-0.2, 0) is 19.2 Å². The molecule has 0 spiro atoms. The van der Waals surface area contributed by atoms with Gasteiger partial charge >= 0.3 is 0 Å². The predicted octanol–water partition coefficient (Wildman–Crippen LogP) is 3.11. The van der Waals surface area contributed by atoms with Gasteiger partial charge in [0.2, 0.25) is 12.1 Å². The molecular weight excluding hydrogens is 272 g/mol. The van der Waals surface area contributed by atoms with Crippen LogP contribution in [0, 0.1) is 23.7 Å². The lowest BCUT2D eigenvalue weighted by molar-refractivity contribution is -0.425. The maximum Gasteiger partial charge on any atom is 0.206 e. The van der Waals surface area contributed by atoms with Gasteiger partial charge in [-0.2, -0.15) is 0 Å². The van der Waals surface area contributed by atoms with Crippen molar-refractivity contribution in [2.45, 2.75) is 58.5 Å². The van der Waals surface area contributed by atoms with Crippen molar-refractivity contribution in [3.8, 4) is 0 Å². The Morgan fingerprint density at radius 3 is 2.81 bits per heavy atom. The number of ether oxygens (including phenoxy) is 2. The van der Waals surface area contributed by atoms with E-state index in [2.05, 4.69) is 11.8 Å². The third-order valence-corrected chi connectivity index (χ3v) is 5.72. The fourth-order valence-electron chi connectivity index (χ4n) is 4.40. The minimum Gasteiger partial charge on any atom is -0.461 e. The van der Waals surface area contributed by atoms with Gasteiger partial charge in [0.25, 0.3) is 0 Å². The Morgan fingerprint density at radius 2 is 2.14 bits per heavy atom. The molecule has 1 saturated heterocycles. The Morgan fingerprint density at radius 1 is 1.38 bits per heavy atom. The molecule has 1 saturated carbocycles. The number of carbonyl (C=O) groups excluding carboxylic acids is 1. The van der Waals surface area contributed by atoms with Gasteiger partial charge in [-0.1, -0.05) is 6.92 Å². The number of aldehydes is 1. The summed E-state index contributed by atoms with van der Waals surface area (Å²) >= 11 is 0. The van der Waals surface area contributed by atoms with Crippen LogP contribution in [0.1, 0.15) is 46.5 Å². The Balaban J connectivity index is 2.00. The average Bonchev–Trinajstić information content (AvgIpc) is 2.63. The Bertz CT molecular complexity index is 460. The molecule has 2 heterocycles. The molecule has 3 rings (SSSR count). The largest absolute Gasteiger partial charge is 0.461 e. The number of carbonyl (C=O) groups is 1. The molecule has 2 fully saturated rings. The maximum atomic E-state index is 11.3. The second kappa shape index (κ2) is 5.38. The molecule has 21 heavy (non-hydrogen) atoms. The van der Waals surface area contributed by atoms with E-state index in [1.165, 1.54) is 0 Å². The van der Waals surface area contributed by atoms with E-state index in [1.807, 2.05) is 6.92 Å². The third kappa shape index (κ3) is 2.41. The molecule has 0 aromatic carbocycles. The van der Waals surface area contributed by atoms with Gasteiger partial charge in [0.1, 0.15) is 0 Å². The highest BCUT2D eigenvalue weighted by atomic mass is 17.1. The van der Waals surface area contributed by atoms with Gasteiger partial charge in [-0.05, 0) is 56.4 Å². The van der Waals surface area contributed by atoms with Crippen molar-refractivity contribution < 1.29 is 24.4 Å². The first-order valence-corrected chi connectivity index (χ1v) is 7.82. The first kappa shape index (κ1) is 15.0. The van der Waals surface area contributed by atoms with Crippen LogP contribution in [0.3, 0.4) is 0 Å². The summed E-state index contributed by atoms with van der Waals surface area (Å²) in [6, 6.07) is 0. The highest BCUT2D eigenvalue weighted by molar-refractivity contribution is 5.72. The molecule has 6 atom stereocenters. The molecule has 0 radical (unpaired) electrons. The molecule has 1 aliphatic carbocycles. The second-order valence-electron chi connectivity index (χ2n) is 6.94. The molecular formula is C16H24O5. The summed E-state index contributed by atoms with van der Waals surface area (Å²) in [6.07, 6.45) is 4.01. The van der Waals surface area contributed by atoms with Crippen LogP contribution < -0.4 is 0 Å². The van der Waals surface area contributed by atoms with Crippen LogP contribution >= 0.6 is 0 Å². The Labute approximate surface area is 125 Å². The summed E-state index contributed by atoms with van der Waals surface area (Å²) in [5.74, 6) is 0.935. The maximum absolute atomic E-state index is 11.3. The van der Waals surface area contributed by atoms with Crippen LogP contribution in [-0.4, -0.2) is 23.6 Å². The lowest BCUT2D eigenvalue weighted by atomic mass is 9.63. The molecule has 0 aromatic rings. The van der Waals surface area contributed by atoms with Gasteiger partial charge in [0.15, 0.2) is 12.0 Å². The lowest BCUT2D eigenvalue weighted by Crippen LogP contribution is -2.47. The van der Waals surface area contributed by atoms with Gasteiger partial charge in [-0.3, -0.25) is 4.79 Å². The van der Waals surface area contributed by atoms with Crippen molar-refractivity contribution in [3.05, 3.63) is 11.3 Å². The zero-order valence-corrected chi connectivity index (χ0v) is 12.9. The van der Waals surface area contributed by atoms with E-state index in [0.717, 1.165) is 31.1 Å². The quantitative estimate of drug-likeness (QED) is 0.482. The Kier molecular flexibility index (Phi) is 3.84. The highest BCUT2D eigenvalue weighted by Crippen LogP contribution is 2.52. The molecule has 5 nitrogen and oxygen atoms in total. The topological polar surface area (TPSA) is 65.0 Å². The summed E-state index contributed by atoms with van der Waals surface area (Å²) in [6.45, 7) is 5.98. The molecule has 5 heteroatoms. The number of allylic oxidation sites excluding steroid dienone is 2. The lowest BCUT2D eigenvalue weighted by Gasteiger charge is -2.47. The van der Waals surface area contributed by atoms with Gasteiger partial charge in [0, 0.05) is 12.3 Å². The van der Waals surface area contributed by atoms with Crippen molar-refractivity contribution in [1.82, 2.24) is 0 Å². The van der Waals surface area contributed by atoms with Crippen LogP contribution in [0.15, 0.2) is 11.3 Å². The molecule has 0 amide bonds. The molecule has 0 aromatic heterocycles. The molecule has 2 unspecified atom stereocenters. The van der Waals surface area contributed by atoms with Gasteiger partial charge < -0.3 is 9.47 Å². The number of rotatable bonds is 2. The van der Waals surface area contributed by atoms with E-state index in [4.69, 9.17) is 9.47 Å². The minimum absolute atomic E-state index is 0.231. The van der Waals surface area contributed by atoms with E-state index >= 15 is 0 Å². The van der Waals surface area contributed by atoms with Crippen molar-refractivity contribution in [2.75, 3.05) is 0 Å². The molecule has 2 aliphatic heterocycles. The van der Waals surface area contributed by atoms with Gasteiger partial charge in [0.05, 0.1) is 0 Å². The summed E-state index contributed by atoms with van der Waals surface area (Å²) < 4.78 is 11.7. The zero-order valence-electron chi connectivity index (χ0n) is 12.9. The summed E-state index contributed by atoms with van der Waals surface area (Å²) in [7, 11) is 0. The molecule has 0 bridgehead atoms. The highest BCUT2D eigenvalue weighted by Gasteiger charge is 2.52. The van der Waals surface area contributed by atoms with E-state index in [9.17, 15) is 10.1 Å². The van der Waals surface area contributed by atoms with E-state index in [-0.39, 0.29) is 5.92 Å². The van der Waals surface area contributed by atoms with Crippen molar-refractivity contribution in [3.63, 3.8) is 0 Å². The fraction of sp³-hybridized carbons (Fsp3) is 0.812. The monoisotopic (exact) mass is 296 g/mol. The van der Waals surface area contributed by atoms with Gasteiger partial charge in [-0.15, -0.1) is 0 Å². The van der Waals surface area contributed by atoms with Crippen LogP contribution in [0.2, 0.25) is 0 Å². The summed E-state index contributed by atoms with van der Waals surface area (Å²) in [5, 5.41) is 9.18. The molecule has 118 valence electrons. The smallest absolute Gasteiger partial charge is 0.206 e. The number of hydrogen-bond acceptors (Lipinski definition) is 5. The SMILES string of the molecule is CC1=C(C=O)OC2O[C@](C)(OO)CC[C@@H]3C2[C@H]1CC[C@H]3C. The van der Waals surface area contributed by atoms with Crippen molar-refractivity contribution >= 4 is 6.29 Å². The van der Waals surface area contributed by atoms with Crippen molar-refractivity contribution in [1.29, 1.82) is 0 Å². The van der Waals surface area contributed by atoms with E-state index in [1.54, 1.807) is 6.92 Å². The standard InChI is InChI=1S/C16H24O5/c1-9-4-5-12-10(2)13(8-17)19-15-14(12)11(9)6-7-16(3,20-15)21-18/h8-9,11-12,14-15,18H,4-7H2,1-3H3/t9-,11+,12+,14?,15?,16-/m1/s1. The average molecular weight is 296 g/mol.